The predicted octanol–water partition coefficient (Wildman–Crippen LogP) is 2.92. The molecule has 1 amide bonds. The van der Waals surface area contributed by atoms with Crippen molar-refractivity contribution >= 4 is 5.91 Å². The van der Waals surface area contributed by atoms with Crippen LogP contribution in [0.3, 0.4) is 0 Å². The Balaban J connectivity index is 1.59. The second-order valence-electron chi connectivity index (χ2n) is 7.61. The van der Waals surface area contributed by atoms with Crippen molar-refractivity contribution in [3.05, 3.63) is 65.9 Å². The highest BCUT2D eigenvalue weighted by molar-refractivity contribution is 5.94. The van der Waals surface area contributed by atoms with E-state index in [1.807, 2.05) is 61.5 Å². The number of morpholine rings is 1. The fraction of sp³-hybridized carbons (Fsp3) is 0.333. The Morgan fingerprint density at radius 3 is 2.71 bits per heavy atom. The number of methoxy groups -OCH3 is 1. The van der Waals surface area contributed by atoms with Gasteiger partial charge in [-0.2, -0.15) is 5.10 Å². The molecule has 2 heterocycles. The predicted molar refractivity (Wildman–Crippen MR) is 120 cm³/mol. The van der Waals surface area contributed by atoms with E-state index in [9.17, 15) is 4.79 Å². The Labute approximate surface area is 182 Å². The lowest BCUT2D eigenvalue weighted by Gasteiger charge is -2.26. The molecule has 0 spiro atoms. The first kappa shape index (κ1) is 21.1. The molecular formula is C24H28N4O3. The molecule has 1 aromatic heterocycles. The maximum absolute atomic E-state index is 13.1. The molecule has 1 aliphatic heterocycles. The number of carbonyl (C=O) groups is 1. The largest absolute Gasteiger partial charge is 0.497 e. The summed E-state index contributed by atoms with van der Waals surface area (Å²) in [6.07, 6.45) is 0. The van der Waals surface area contributed by atoms with Crippen molar-refractivity contribution in [1.82, 2.24) is 20.0 Å². The smallest absolute Gasteiger partial charge is 0.270 e. The summed E-state index contributed by atoms with van der Waals surface area (Å²) >= 11 is 0. The normalized spacial score (nSPS) is 14.4. The molecule has 4 rings (SSSR count). The number of carbonyl (C=O) groups excluding carboxylic acids is 1. The molecule has 162 valence electrons. The van der Waals surface area contributed by atoms with E-state index >= 15 is 0 Å². The standard InChI is InChI=1S/C24H28N4O3/c1-18-5-3-7-20(15-18)28-23(24(29)25-9-10-27-11-13-31-14-12-27)17-22(26-28)19-6-4-8-21(16-19)30-2/h3-8,15-17H,9-14H2,1-2H3,(H,25,29). The van der Waals surface area contributed by atoms with E-state index in [-0.39, 0.29) is 5.91 Å². The van der Waals surface area contributed by atoms with Crippen LogP contribution in [0.15, 0.2) is 54.6 Å². The number of amides is 1. The Morgan fingerprint density at radius 1 is 1.13 bits per heavy atom. The molecule has 7 nitrogen and oxygen atoms in total. The zero-order chi connectivity index (χ0) is 21.6. The quantitative estimate of drug-likeness (QED) is 0.637. The number of hydrogen-bond acceptors (Lipinski definition) is 5. The average Bonchev–Trinajstić information content (AvgIpc) is 3.26. The van der Waals surface area contributed by atoms with E-state index in [1.54, 1.807) is 11.8 Å². The van der Waals surface area contributed by atoms with Gasteiger partial charge in [0.05, 0.1) is 31.7 Å². The summed E-state index contributed by atoms with van der Waals surface area (Å²) in [6.45, 7) is 6.70. The summed E-state index contributed by atoms with van der Waals surface area (Å²) in [4.78, 5) is 15.4. The molecule has 31 heavy (non-hydrogen) atoms. The number of nitrogens with zero attached hydrogens (tertiary/aromatic N) is 3. The third-order valence-electron chi connectivity index (χ3n) is 5.37. The molecule has 0 radical (unpaired) electrons. The van der Waals surface area contributed by atoms with Crippen LogP contribution in [0.25, 0.3) is 16.9 Å². The molecule has 0 aliphatic carbocycles. The maximum Gasteiger partial charge on any atom is 0.270 e. The third kappa shape index (κ3) is 5.13. The van der Waals surface area contributed by atoms with Crippen molar-refractivity contribution in [1.29, 1.82) is 0 Å². The Bertz CT molecular complexity index is 1040. The van der Waals surface area contributed by atoms with E-state index in [4.69, 9.17) is 14.6 Å². The zero-order valence-electron chi connectivity index (χ0n) is 18.0. The van der Waals surface area contributed by atoms with E-state index < -0.39 is 0 Å². The van der Waals surface area contributed by atoms with Gasteiger partial charge in [-0.3, -0.25) is 9.69 Å². The van der Waals surface area contributed by atoms with Crippen LogP contribution < -0.4 is 10.1 Å². The van der Waals surface area contributed by atoms with E-state index in [1.165, 1.54) is 0 Å². The number of nitrogens with one attached hydrogen (secondary N) is 1. The van der Waals surface area contributed by atoms with Gasteiger partial charge in [-0.25, -0.2) is 4.68 Å². The van der Waals surface area contributed by atoms with Crippen molar-refractivity contribution < 1.29 is 14.3 Å². The first-order chi connectivity index (χ1) is 15.1. The van der Waals surface area contributed by atoms with E-state index in [0.29, 0.717) is 12.2 Å². The first-order valence-corrected chi connectivity index (χ1v) is 10.5. The van der Waals surface area contributed by atoms with Crippen molar-refractivity contribution in [3.63, 3.8) is 0 Å². The number of benzene rings is 2. The highest BCUT2D eigenvalue weighted by Gasteiger charge is 2.18. The van der Waals surface area contributed by atoms with Gasteiger partial charge in [0.15, 0.2) is 0 Å². The van der Waals surface area contributed by atoms with Crippen LogP contribution in [0.2, 0.25) is 0 Å². The highest BCUT2D eigenvalue weighted by atomic mass is 16.5. The minimum atomic E-state index is -0.142. The summed E-state index contributed by atoms with van der Waals surface area (Å²) in [5.74, 6) is 0.607. The van der Waals surface area contributed by atoms with Crippen molar-refractivity contribution in [2.24, 2.45) is 0 Å². The summed E-state index contributed by atoms with van der Waals surface area (Å²) in [5, 5.41) is 7.81. The van der Waals surface area contributed by atoms with Crippen LogP contribution in [-0.2, 0) is 4.74 Å². The lowest BCUT2D eigenvalue weighted by atomic mass is 10.1. The molecule has 1 fully saturated rings. The van der Waals surface area contributed by atoms with Crippen LogP contribution >= 0.6 is 0 Å². The number of rotatable bonds is 7. The van der Waals surface area contributed by atoms with Crippen LogP contribution in [0.1, 0.15) is 16.1 Å². The van der Waals surface area contributed by atoms with Crippen LogP contribution in [0.5, 0.6) is 5.75 Å². The lowest BCUT2D eigenvalue weighted by Crippen LogP contribution is -2.41. The summed E-state index contributed by atoms with van der Waals surface area (Å²) in [5.41, 5.74) is 4.08. The molecule has 0 bridgehead atoms. The summed E-state index contributed by atoms with van der Waals surface area (Å²) in [6, 6.07) is 17.5. The van der Waals surface area contributed by atoms with Crippen LogP contribution in [0, 0.1) is 6.92 Å². The van der Waals surface area contributed by atoms with Gasteiger partial charge in [0.2, 0.25) is 0 Å². The van der Waals surface area contributed by atoms with Gasteiger partial charge in [0, 0.05) is 31.7 Å². The Kier molecular flexibility index (Phi) is 6.64. The number of aromatic nitrogens is 2. The first-order valence-electron chi connectivity index (χ1n) is 10.5. The van der Waals surface area contributed by atoms with E-state index in [2.05, 4.69) is 10.2 Å². The highest BCUT2D eigenvalue weighted by Crippen LogP contribution is 2.25. The monoisotopic (exact) mass is 420 g/mol. The van der Waals surface area contributed by atoms with Gasteiger partial charge in [0.25, 0.3) is 5.91 Å². The van der Waals surface area contributed by atoms with Crippen molar-refractivity contribution in [3.8, 4) is 22.7 Å². The topological polar surface area (TPSA) is 68.6 Å². The molecule has 0 atom stereocenters. The van der Waals surface area contributed by atoms with Gasteiger partial charge in [0.1, 0.15) is 11.4 Å². The number of hydrogen-bond donors (Lipinski definition) is 1. The lowest BCUT2D eigenvalue weighted by molar-refractivity contribution is 0.0383. The van der Waals surface area contributed by atoms with Gasteiger partial charge in [-0.1, -0.05) is 24.3 Å². The Hall–Kier alpha value is -3.16. The second kappa shape index (κ2) is 9.76. The zero-order valence-corrected chi connectivity index (χ0v) is 18.0. The average molecular weight is 421 g/mol. The minimum Gasteiger partial charge on any atom is -0.497 e. The summed E-state index contributed by atoms with van der Waals surface area (Å²) < 4.78 is 12.4. The fourth-order valence-corrected chi connectivity index (χ4v) is 3.67. The molecule has 1 saturated heterocycles. The van der Waals surface area contributed by atoms with Crippen LogP contribution in [0.4, 0.5) is 0 Å². The molecule has 1 N–H and O–H groups in total. The number of aryl methyl sites for hydroxylation is 1. The molecule has 0 unspecified atom stereocenters. The molecule has 1 aliphatic rings. The van der Waals surface area contributed by atoms with Gasteiger partial charge < -0.3 is 14.8 Å². The molecular weight excluding hydrogens is 392 g/mol. The van der Waals surface area contributed by atoms with E-state index in [0.717, 1.165) is 61.1 Å². The van der Waals surface area contributed by atoms with Gasteiger partial charge >= 0.3 is 0 Å². The van der Waals surface area contributed by atoms with Crippen molar-refractivity contribution in [2.75, 3.05) is 46.5 Å². The van der Waals surface area contributed by atoms with Crippen LogP contribution in [-0.4, -0.2) is 67.1 Å². The molecule has 7 heteroatoms. The molecule has 0 saturated carbocycles. The molecule has 2 aromatic carbocycles. The second-order valence-corrected chi connectivity index (χ2v) is 7.61. The van der Waals surface area contributed by atoms with Crippen molar-refractivity contribution in [2.45, 2.75) is 6.92 Å². The summed E-state index contributed by atoms with van der Waals surface area (Å²) in [7, 11) is 1.64. The minimum absolute atomic E-state index is 0.142. The SMILES string of the molecule is COc1cccc(-c2cc(C(=O)NCCN3CCOCC3)n(-c3cccc(C)c3)n2)c1. The van der Waals surface area contributed by atoms with Gasteiger partial charge in [-0.15, -0.1) is 0 Å². The Morgan fingerprint density at radius 2 is 1.94 bits per heavy atom. The fourth-order valence-electron chi connectivity index (χ4n) is 3.67. The van der Waals surface area contributed by atoms with Gasteiger partial charge in [-0.05, 0) is 42.8 Å². The third-order valence-corrected chi connectivity index (χ3v) is 5.37. The number of ether oxygens (including phenoxy) is 2. The molecule has 3 aromatic rings. The maximum atomic E-state index is 13.1.